The van der Waals surface area contributed by atoms with Crippen molar-refractivity contribution >= 4 is 0 Å². The molecule has 1 N–H and O–H groups in total. The molecule has 0 radical (unpaired) electrons. The third-order valence-electron chi connectivity index (χ3n) is 5.76. The number of unbranched alkanes of at least 4 members (excludes halogenated alkanes) is 6. The van der Waals surface area contributed by atoms with Crippen molar-refractivity contribution in [2.75, 3.05) is 0 Å². The fourth-order valence-corrected chi connectivity index (χ4v) is 4.06. The molecular formula is C24H42O. The van der Waals surface area contributed by atoms with E-state index in [4.69, 9.17) is 0 Å². The number of aromatic hydroxyl groups is 1. The van der Waals surface area contributed by atoms with Crippen LogP contribution in [0.5, 0.6) is 5.75 Å². The molecule has 0 aliphatic heterocycles. The van der Waals surface area contributed by atoms with Crippen molar-refractivity contribution < 1.29 is 5.11 Å². The second-order valence-electron chi connectivity index (χ2n) is 9.09. The summed E-state index contributed by atoms with van der Waals surface area (Å²) in [6.07, 6.45) is 12.6. The van der Waals surface area contributed by atoms with E-state index in [-0.39, 0.29) is 10.8 Å². The second-order valence-corrected chi connectivity index (χ2v) is 9.09. The van der Waals surface area contributed by atoms with Crippen LogP contribution in [0, 0.1) is 0 Å². The first-order valence-electron chi connectivity index (χ1n) is 10.6. The lowest BCUT2D eigenvalue weighted by Crippen LogP contribution is -2.26. The molecule has 0 aliphatic rings. The van der Waals surface area contributed by atoms with Crippen molar-refractivity contribution in [3.8, 4) is 5.75 Å². The molecule has 1 heteroatoms. The largest absolute Gasteiger partial charge is 0.508 e. The molecule has 0 saturated heterocycles. The predicted molar refractivity (Wildman–Crippen MR) is 112 cm³/mol. The zero-order valence-corrected chi connectivity index (χ0v) is 17.8. The van der Waals surface area contributed by atoms with E-state index in [0.717, 1.165) is 6.42 Å². The van der Waals surface area contributed by atoms with E-state index in [1.807, 2.05) is 12.1 Å². The maximum atomic E-state index is 10.7. The Morgan fingerprint density at radius 1 is 0.720 bits per heavy atom. The van der Waals surface area contributed by atoms with E-state index in [9.17, 15) is 5.11 Å². The highest BCUT2D eigenvalue weighted by atomic mass is 16.3. The number of hydrogen-bond donors (Lipinski definition) is 1. The Hall–Kier alpha value is -0.980. The molecule has 1 nitrogen and oxygen atoms in total. The summed E-state index contributed by atoms with van der Waals surface area (Å²) in [5, 5.41) is 10.7. The van der Waals surface area contributed by atoms with Crippen LogP contribution in [0.15, 0.2) is 18.2 Å². The van der Waals surface area contributed by atoms with Gasteiger partial charge in [0.1, 0.15) is 5.75 Å². The van der Waals surface area contributed by atoms with E-state index in [1.54, 1.807) is 0 Å². The minimum absolute atomic E-state index is 0.0229. The van der Waals surface area contributed by atoms with Gasteiger partial charge >= 0.3 is 0 Å². The number of benzene rings is 1. The van der Waals surface area contributed by atoms with Crippen LogP contribution < -0.4 is 0 Å². The number of phenolic OH excluding ortho intramolecular Hbond substituents is 1. The highest BCUT2D eigenvalue weighted by molar-refractivity contribution is 5.47. The van der Waals surface area contributed by atoms with E-state index in [1.165, 1.54) is 68.9 Å². The number of phenols is 1. The first kappa shape index (κ1) is 22.1. The third-order valence-corrected chi connectivity index (χ3v) is 5.76. The van der Waals surface area contributed by atoms with Crippen molar-refractivity contribution in [1.29, 1.82) is 0 Å². The molecule has 0 aliphatic carbocycles. The lowest BCUT2D eigenvalue weighted by atomic mass is 9.69. The lowest BCUT2D eigenvalue weighted by Gasteiger charge is -2.35. The van der Waals surface area contributed by atoms with Crippen molar-refractivity contribution in [3.05, 3.63) is 29.3 Å². The van der Waals surface area contributed by atoms with Crippen LogP contribution >= 0.6 is 0 Å². The van der Waals surface area contributed by atoms with E-state index < -0.39 is 0 Å². The molecule has 0 unspecified atom stereocenters. The maximum absolute atomic E-state index is 10.7. The maximum Gasteiger partial charge on any atom is 0.119 e. The van der Waals surface area contributed by atoms with Gasteiger partial charge < -0.3 is 5.11 Å². The Morgan fingerprint density at radius 2 is 1.24 bits per heavy atom. The summed E-state index contributed by atoms with van der Waals surface area (Å²) in [4.78, 5) is 0. The Morgan fingerprint density at radius 3 is 1.76 bits per heavy atom. The average molecular weight is 347 g/mol. The lowest BCUT2D eigenvalue weighted by molar-refractivity contribution is 0.381. The second kappa shape index (κ2) is 10.2. The van der Waals surface area contributed by atoms with Gasteiger partial charge in [-0.3, -0.25) is 0 Å². The zero-order chi connectivity index (χ0) is 18.9. The molecule has 1 rings (SSSR count). The summed E-state index contributed by atoms with van der Waals surface area (Å²) in [6.45, 7) is 13.8. The molecule has 25 heavy (non-hydrogen) atoms. The van der Waals surface area contributed by atoms with Gasteiger partial charge in [-0.1, -0.05) is 105 Å². The normalized spacial score (nSPS) is 12.6. The van der Waals surface area contributed by atoms with Crippen molar-refractivity contribution in [3.63, 3.8) is 0 Å². The number of rotatable bonds is 12. The van der Waals surface area contributed by atoms with E-state index in [0.29, 0.717) is 5.75 Å². The van der Waals surface area contributed by atoms with Gasteiger partial charge in [-0.2, -0.15) is 0 Å². The summed E-state index contributed by atoms with van der Waals surface area (Å²) in [5.41, 5.74) is 2.67. The standard InChI is InChI=1S/C24H42O/c1-7-9-11-13-18-23(3,4)20-16-15-17-21(25)22(20)24(5,6)19-14-12-10-8-2/h15-17,25H,7-14,18-19H2,1-6H3. The topological polar surface area (TPSA) is 20.2 Å². The molecule has 144 valence electrons. The summed E-state index contributed by atoms with van der Waals surface area (Å²) in [6, 6.07) is 6.15. The Bertz CT molecular complexity index is 499. The molecule has 0 amide bonds. The van der Waals surface area contributed by atoms with Gasteiger partial charge in [-0.25, -0.2) is 0 Å². The molecule has 0 heterocycles. The number of hydrogen-bond acceptors (Lipinski definition) is 1. The SMILES string of the molecule is CCCCCCC(C)(C)c1cccc(O)c1C(C)(C)CCCCCC. The van der Waals surface area contributed by atoms with Gasteiger partial charge in [0.2, 0.25) is 0 Å². The Labute approximate surface area is 157 Å². The van der Waals surface area contributed by atoms with Gasteiger partial charge in [0, 0.05) is 5.56 Å². The van der Waals surface area contributed by atoms with Crippen molar-refractivity contribution in [1.82, 2.24) is 0 Å². The van der Waals surface area contributed by atoms with Crippen LogP contribution in [0.3, 0.4) is 0 Å². The van der Waals surface area contributed by atoms with Gasteiger partial charge in [0.25, 0.3) is 0 Å². The molecule has 1 aromatic rings. The molecule has 0 saturated carbocycles. The molecule has 0 aromatic heterocycles. The first-order chi connectivity index (χ1) is 11.8. The van der Waals surface area contributed by atoms with E-state index in [2.05, 4.69) is 47.6 Å². The van der Waals surface area contributed by atoms with Crippen LogP contribution in [0.1, 0.15) is 117 Å². The Balaban J connectivity index is 2.99. The predicted octanol–water partition coefficient (Wildman–Crippen LogP) is 7.89. The van der Waals surface area contributed by atoms with Crippen LogP contribution in [0.25, 0.3) is 0 Å². The fraction of sp³-hybridized carbons (Fsp3) is 0.750. The third kappa shape index (κ3) is 6.68. The molecule has 0 spiro atoms. The average Bonchev–Trinajstić information content (AvgIpc) is 2.55. The minimum atomic E-state index is 0.0229. The molecular weight excluding hydrogens is 304 g/mol. The Kier molecular flexibility index (Phi) is 9.03. The summed E-state index contributed by atoms with van der Waals surface area (Å²) in [7, 11) is 0. The summed E-state index contributed by atoms with van der Waals surface area (Å²) in [5.74, 6) is 0.486. The monoisotopic (exact) mass is 346 g/mol. The van der Waals surface area contributed by atoms with Crippen LogP contribution in [0.4, 0.5) is 0 Å². The molecule has 0 bridgehead atoms. The molecule has 0 atom stereocenters. The van der Waals surface area contributed by atoms with Crippen molar-refractivity contribution in [2.24, 2.45) is 0 Å². The zero-order valence-electron chi connectivity index (χ0n) is 17.8. The van der Waals surface area contributed by atoms with Gasteiger partial charge in [-0.05, 0) is 35.3 Å². The van der Waals surface area contributed by atoms with Gasteiger partial charge in [0.15, 0.2) is 0 Å². The van der Waals surface area contributed by atoms with Crippen LogP contribution in [-0.2, 0) is 10.8 Å². The van der Waals surface area contributed by atoms with Crippen molar-refractivity contribution in [2.45, 2.75) is 117 Å². The quantitative estimate of drug-likeness (QED) is 0.381. The van der Waals surface area contributed by atoms with Crippen LogP contribution in [-0.4, -0.2) is 5.11 Å². The smallest absolute Gasteiger partial charge is 0.119 e. The van der Waals surface area contributed by atoms with Gasteiger partial charge in [-0.15, -0.1) is 0 Å². The fourth-order valence-electron chi connectivity index (χ4n) is 4.06. The first-order valence-corrected chi connectivity index (χ1v) is 10.6. The summed E-state index contributed by atoms with van der Waals surface area (Å²) < 4.78 is 0. The minimum Gasteiger partial charge on any atom is -0.508 e. The van der Waals surface area contributed by atoms with E-state index >= 15 is 0 Å². The summed E-state index contributed by atoms with van der Waals surface area (Å²) >= 11 is 0. The molecule has 0 fully saturated rings. The molecule has 1 aromatic carbocycles. The highest BCUT2D eigenvalue weighted by Crippen LogP contribution is 2.43. The van der Waals surface area contributed by atoms with Gasteiger partial charge in [0.05, 0.1) is 0 Å². The van der Waals surface area contributed by atoms with Crippen LogP contribution in [0.2, 0.25) is 0 Å². The highest BCUT2D eigenvalue weighted by Gasteiger charge is 2.32.